The summed E-state index contributed by atoms with van der Waals surface area (Å²) in [5.41, 5.74) is 0.662. The monoisotopic (exact) mass is 415 g/mol. The highest BCUT2D eigenvalue weighted by Crippen LogP contribution is 2.34. The minimum absolute atomic E-state index is 0.310. The van der Waals surface area contributed by atoms with Crippen LogP contribution in [-0.2, 0) is 16.1 Å². The summed E-state index contributed by atoms with van der Waals surface area (Å²) in [6.07, 6.45) is 0. The predicted octanol–water partition coefficient (Wildman–Crippen LogP) is 3.97. The lowest BCUT2D eigenvalue weighted by Crippen LogP contribution is -2.34. The molecule has 0 atom stereocenters. The van der Waals surface area contributed by atoms with E-state index in [1.165, 1.54) is 11.3 Å². The number of fused-ring (bicyclic) bond motifs is 1. The van der Waals surface area contributed by atoms with Crippen molar-refractivity contribution in [3.63, 3.8) is 0 Å². The zero-order valence-corrected chi connectivity index (χ0v) is 16.5. The third kappa shape index (κ3) is 4.18. The molecule has 0 aliphatic carbocycles. The second-order valence-corrected chi connectivity index (χ2v) is 7.92. The molecule has 0 N–H and O–H groups in total. The van der Waals surface area contributed by atoms with E-state index in [4.69, 9.17) is 14.2 Å². The number of hydrogen-bond donors (Lipinski definition) is 0. The number of nitrogens with zero attached hydrogens (tertiary/aromatic N) is 1. The molecule has 8 heteroatoms. The second-order valence-electron chi connectivity index (χ2n) is 5.94. The first kappa shape index (κ1) is 18.5. The molecular formula is C20H17NO5S2. The van der Waals surface area contributed by atoms with E-state index in [1.807, 2.05) is 17.5 Å². The quantitative estimate of drug-likeness (QED) is 0.570. The topological polar surface area (TPSA) is 65.1 Å². The Bertz CT molecular complexity index is 953. The van der Waals surface area contributed by atoms with E-state index < -0.39 is 5.97 Å². The standard InChI is InChI=1S/C20H17NO5S2/c22-19(13-26-20(23)18-4-2-10-28-18)21(12-15-3-1-9-27-15)14-5-6-16-17(11-14)25-8-7-24-16/h1-6,9-11H,7-8,12-13H2. The molecule has 1 aliphatic heterocycles. The van der Waals surface area contributed by atoms with Gasteiger partial charge in [-0.3, -0.25) is 4.79 Å². The average molecular weight is 415 g/mol. The van der Waals surface area contributed by atoms with E-state index in [0.717, 1.165) is 4.88 Å². The average Bonchev–Trinajstić information content (AvgIpc) is 3.44. The molecule has 144 valence electrons. The summed E-state index contributed by atoms with van der Waals surface area (Å²) in [4.78, 5) is 28.0. The van der Waals surface area contributed by atoms with Crippen molar-refractivity contribution in [1.29, 1.82) is 0 Å². The number of anilines is 1. The van der Waals surface area contributed by atoms with Crippen LogP contribution in [0.1, 0.15) is 14.5 Å². The fraction of sp³-hybridized carbons (Fsp3) is 0.200. The van der Waals surface area contributed by atoms with E-state index in [2.05, 4.69) is 0 Å². The van der Waals surface area contributed by atoms with Gasteiger partial charge in [-0.2, -0.15) is 0 Å². The largest absolute Gasteiger partial charge is 0.486 e. The summed E-state index contributed by atoms with van der Waals surface area (Å²) in [5.74, 6) is 0.447. The Morgan fingerprint density at radius 1 is 1.00 bits per heavy atom. The molecule has 2 aromatic heterocycles. The van der Waals surface area contributed by atoms with Gasteiger partial charge in [-0.25, -0.2) is 4.79 Å². The second kappa shape index (κ2) is 8.45. The molecule has 0 radical (unpaired) electrons. The number of carbonyl (C=O) groups excluding carboxylic acids is 2. The maximum absolute atomic E-state index is 12.9. The molecule has 6 nitrogen and oxygen atoms in total. The molecule has 1 aromatic carbocycles. The molecule has 0 spiro atoms. The minimum atomic E-state index is -0.499. The van der Waals surface area contributed by atoms with Crippen LogP contribution in [-0.4, -0.2) is 31.7 Å². The first-order chi connectivity index (χ1) is 13.7. The maximum atomic E-state index is 12.9. The van der Waals surface area contributed by atoms with Gasteiger partial charge >= 0.3 is 5.97 Å². The Balaban J connectivity index is 1.53. The molecule has 0 bridgehead atoms. The van der Waals surface area contributed by atoms with E-state index in [0.29, 0.717) is 41.8 Å². The van der Waals surface area contributed by atoms with Crippen LogP contribution in [0, 0.1) is 0 Å². The van der Waals surface area contributed by atoms with Crippen LogP contribution in [0.5, 0.6) is 11.5 Å². The molecular weight excluding hydrogens is 398 g/mol. The lowest BCUT2D eigenvalue weighted by atomic mass is 10.2. The third-order valence-corrected chi connectivity index (χ3v) is 5.79. The molecule has 0 unspecified atom stereocenters. The Hall–Kier alpha value is -2.84. The van der Waals surface area contributed by atoms with E-state index >= 15 is 0 Å². The van der Waals surface area contributed by atoms with Crippen molar-refractivity contribution in [2.45, 2.75) is 6.54 Å². The Morgan fingerprint density at radius 2 is 1.79 bits per heavy atom. The minimum Gasteiger partial charge on any atom is -0.486 e. The van der Waals surface area contributed by atoms with Gasteiger partial charge < -0.3 is 19.1 Å². The number of benzene rings is 1. The van der Waals surface area contributed by atoms with Gasteiger partial charge in [-0.05, 0) is 35.0 Å². The lowest BCUT2D eigenvalue weighted by molar-refractivity contribution is -0.121. The summed E-state index contributed by atoms with van der Waals surface area (Å²) in [6.45, 7) is 1.01. The number of hydrogen-bond acceptors (Lipinski definition) is 7. The predicted molar refractivity (Wildman–Crippen MR) is 108 cm³/mol. The van der Waals surface area contributed by atoms with E-state index in [9.17, 15) is 9.59 Å². The highest BCUT2D eigenvalue weighted by molar-refractivity contribution is 7.12. The van der Waals surface area contributed by atoms with Gasteiger partial charge in [-0.1, -0.05) is 12.1 Å². The van der Waals surface area contributed by atoms with Crippen LogP contribution >= 0.6 is 22.7 Å². The van der Waals surface area contributed by atoms with Crippen molar-refractivity contribution in [2.75, 3.05) is 24.7 Å². The zero-order valence-electron chi connectivity index (χ0n) is 14.8. The third-order valence-electron chi connectivity index (χ3n) is 4.08. The zero-order chi connectivity index (χ0) is 19.3. The summed E-state index contributed by atoms with van der Waals surface area (Å²) in [5, 5.41) is 3.75. The molecule has 0 saturated heterocycles. The summed E-state index contributed by atoms with van der Waals surface area (Å²) in [7, 11) is 0. The first-order valence-corrected chi connectivity index (χ1v) is 10.4. The van der Waals surface area contributed by atoms with Crippen molar-refractivity contribution in [1.82, 2.24) is 0 Å². The fourth-order valence-corrected chi connectivity index (χ4v) is 4.06. The molecule has 1 amide bonds. The van der Waals surface area contributed by atoms with Crippen LogP contribution in [0.4, 0.5) is 5.69 Å². The number of rotatable bonds is 6. The maximum Gasteiger partial charge on any atom is 0.348 e. The van der Waals surface area contributed by atoms with Crippen molar-refractivity contribution in [3.8, 4) is 11.5 Å². The van der Waals surface area contributed by atoms with Crippen molar-refractivity contribution in [3.05, 3.63) is 63.0 Å². The van der Waals surface area contributed by atoms with Crippen LogP contribution < -0.4 is 14.4 Å². The molecule has 1 aliphatic rings. The smallest absolute Gasteiger partial charge is 0.348 e. The van der Waals surface area contributed by atoms with Crippen molar-refractivity contribution in [2.24, 2.45) is 0 Å². The van der Waals surface area contributed by atoms with Gasteiger partial charge in [0.15, 0.2) is 18.1 Å². The molecule has 28 heavy (non-hydrogen) atoms. The van der Waals surface area contributed by atoms with E-state index in [1.54, 1.807) is 51.9 Å². The number of ether oxygens (including phenoxy) is 3. The number of thiophene rings is 2. The summed E-state index contributed by atoms with van der Waals surface area (Å²) in [6, 6.07) is 12.7. The van der Waals surface area contributed by atoms with Crippen LogP contribution in [0.25, 0.3) is 0 Å². The highest BCUT2D eigenvalue weighted by atomic mass is 32.1. The van der Waals surface area contributed by atoms with Crippen LogP contribution in [0.2, 0.25) is 0 Å². The van der Waals surface area contributed by atoms with Crippen molar-refractivity contribution < 1.29 is 23.8 Å². The summed E-state index contributed by atoms with van der Waals surface area (Å²) < 4.78 is 16.4. The van der Waals surface area contributed by atoms with Gasteiger partial charge in [-0.15, -0.1) is 22.7 Å². The molecule has 4 rings (SSSR count). The molecule has 0 fully saturated rings. The molecule has 3 heterocycles. The lowest BCUT2D eigenvalue weighted by Gasteiger charge is -2.25. The Kier molecular flexibility index (Phi) is 5.59. The number of amides is 1. The Morgan fingerprint density at radius 3 is 2.54 bits per heavy atom. The van der Waals surface area contributed by atoms with Gasteiger partial charge in [0.25, 0.3) is 5.91 Å². The van der Waals surface area contributed by atoms with Crippen LogP contribution in [0.15, 0.2) is 53.2 Å². The number of carbonyl (C=O) groups is 2. The first-order valence-electron chi connectivity index (χ1n) is 8.64. The Labute approximate surface area is 169 Å². The van der Waals surface area contributed by atoms with Gasteiger partial charge in [0.2, 0.25) is 0 Å². The van der Waals surface area contributed by atoms with Crippen LogP contribution in [0.3, 0.4) is 0 Å². The van der Waals surface area contributed by atoms with Gasteiger partial charge in [0.05, 0.1) is 6.54 Å². The van der Waals surface area contributed by atoms with Crippen molar-refractivity contribution >= 4 is 40.2 Å². The fourth-order valence-electron chi connectivity index (χ4n) is 2.75. The van der Waals surface area contributed by atoms with Gasteiger partial charge in [0, 0.05) is 16.6 Å². The van der Waals surface area contributed by atoms with Gasteiger partial charge in [0.1, 0.15) is 18.1 Å². The molecule has 3 aromatic rings. The SMILES string of the molecule is O=C(OCC(=O)N(Cc1cccs1)c1ccc2c(c1)OCCO2)c1cccs1. The highest BCUT2D eigenvalue weighted by Gasteiger charge is 2.22. The number of esters is 1. The van der Waals surface area contributed by atoms with E-state index in [-0.39, 0.29) is 12.5 Å². The normalized spacial score (nSPS) is 12.4. The summed E-state index contributed by atoms with van der Waals surface area (Å²) >= 11 is 2.84. The molecule has 0 saturated carbocycles.